The summed E-state index contributed by atoms with van der Waals surface area (Å²) in [6, 6.07) is 25.7. The lowest BCUT2D eigenvalue weighted by atomic mass is 10.1. The molecule has 0 unspecified atom stereocenters. The third kappa shape index (κ3) is 8.25. The number of rotatable bonds is 11. The van der Waals surface area contributed by atoms with Gasteiger partial charge in [-0.05, 0) is 85.9 Å². The number of thioether (sulfide) groups is 2. The van der Waals surface area contributed by atoms with E-state index in [0.29, 0.717) is 24.6 Å². The smallest absolute Gasteiger partial charge is 0.322 e. The van der Waals surface area contributed by atoms with Crippen molar-refractivity contribution < 1.29 is 13.9 Å². The number of ether oxygens (including phenoxy) is 1. The lowest BCUT2D eigenvalue weighted by molar-refractivity contribution is 0.208. The van der Waals surface area contributed by atoms with Gasteiger partial charge in [0.2, 0.25) is 0 Å². The van der Waals surface area contributed by atoms with Crippen LogP contribution in [-0.2, 0) is 13.0 Å². The van der Waals surface area contributed by atoms with Crippen molar-refractivity contribution in [3.63, 3.8) is 0 Å². The Labute approximate surface area is 238 Å². The van der Waals surface area contributed by atoms with Crippen LogP contribution in [0.5, 0.6) is 11.5 Å². The fourth-order valence-electron chi connectivity index (χ4n) is 4.12. The Morgan fingerprint density at radius 1 is 0.923 bits per heavy atom. The number of nitrogens with zero attached hydrogens (tertiary/aromatic N) is 2. The van der Waals surface area contributed by atoms with Crippen LogP contribution in [0, 0.1) is 12.7 Å². The first kappa shape index (κ1) is 28.5. The zero-order valence-electron chi connectivity index (χ0n) is 22.3. The Bertz CT molecular complexity index is 1340. The molecule has 39 heavy (non-hydrogen) atoms. The van der Waals surface area contributed by atoms with Gasteiger partial charge in [0.25, 0.3) is 0 Å². The number of nitrogens with one attached hydrogen (secondary N) is 1. The van der Waals surface area contributed by atoms with Gasteiger partial charge in [0.05, 0.1) is 5.69 Å². The van der Waals surface area contributed by atoms with E-state index in [0.717, 1.165) is 39.7 Å². The molecule has 1 aromatic heterocycles. The van der Waals surface area contributed by atoms with Gasteiger partial charge in [-0.2, -0.15) is 0 Å². The molecule has 3 aromatic carbocycles. The molecular weight excluding hydrogens is 529 g/mol. The van der Waals surface area contributed by atoms with Crippen LogP contribution in [0.4, 0.5) is 14.9 Å². The first-order valence-corrected chi connectivity index (χ1v) is 15.1. The number of anilines is 1. The largest absolute Gasteiger partial charge is 0.457 e. The van der Waals surface area contributed by atoms with Gasteiger partial charge in [-0.3, -0.25) is 0 Å². The zero-order chi connectivity index (χ0) is 27.6. The van der Waals surface area contributed by atoms with E-state index in [1.807, 2.05) is 72.9 Å². The summed E-state index contributed by atoms with van der Waals surface area (Å²) in [4.78, 5) is 21.1. The number of carbonyl (C=O) groups excluding carboxylic acids is 1. The second-order valence-electron chi connectivity index (χ2n) is 8.99. The van der Waals surface area contributed by atoms with Gasteiger partial charge >= 0.3 is 6.03 Å². The van der Waals surface area contributed by atoms with E-state index in [9.17, 15) is 9.18 Å². The van der Waals surface area contributed by atoms with Crippen LogP contribution in [0.3, 0.4) is 0 Å². The van der Waals surface area contributed by atoms with Crippen molar-refractivity contribution in [2.24, 2.45) is 0 Å². The number of hydrogen-bond donors (Lipinski definition) is 1. The van der Waals surface area contributed by atoms with Gasteiger partial charge < -0.3 is 15.0 Å². The van der Waals surface area contributed by atoms with Crippen molar-refractivity contribution >= 4 is 35.2 Å². The van der Waals surface area contributed by atoms with Crippen molar-refractivity contribution in [1.82, 2.24) is 9.88 Å². The molecule has 0 saturated carbocycles. The fraction of sp³-hybridized carbons (Fsp3) is 0.226. The molecule has 0 radical (unpaired) electrons. The Kier molecular flexibility index (Phi) is 10.3. The number of aryl methyl sites for hydroxylation is 2. The predicted octanol–water partition coefficient (Wildman–Crippen LogP) is 8.43. The molecule has 202 valence electrons. The molecule has 0 aliphatic heterocycles. The van der Waals surface area contributed by atoms with Crippen molar-refractivity contribution in [1.29, 1.82) is 0 Å². The van der Waals surface area contributed by atoms with E-state index in [1.165, 1.54) is 29.5 Å². The average molecular weight is 562 g/mol. The molecule has 0 aliphatic carbocycles. The van der Waals surface area contributed by atoms with E-state index in [1.54, 1.807) is 23.9 Å². The van der Waals surface area contributed by atoms with Gasteiger partial charge in [-0.25, -0.2) is 14.2 Å². The molecule has 1 N–H and O–H groups in total. The quantitative estimate of drug-likeness (QED) is 0.186. The molecule has 5 nitrogen and oxygen atoms in total. The lowest BCUT2D eigenvalue weighted by Gasteiger charge is -2.25. The summed E-state index contributed by atoms with van der Waals surface area (Å²) in [6.07, 6.45) is 5.68. The first-order valence-electron chi connectivity index (χ1n) is 12.7. The number of pyridine rings is 1. The summed E-state index contributed by atoms with van der Waals surface area (Å²) in [6.45, 7) is 3.00. The summed E-state index contributed by atoms with van der Waals surface area (Å²) in [5, 5.41) is 3.96. The van der Waals surface area contributed by atoms with Gasteiger partial charge in [-0.1, -0.05) is 42.5 Å². The van der Waals surface area contributed by atoms with Gasteiger partial charge in [-0.15, -0.1) is 23.5 Å². The number of carbonyl (C=O) groups is 1. The molecule has 0 atom stereocenters. The van der Waals surface area contributed by atoms with Gasteiger partial charge in [0.1, 0.15) is 22.3 Å². The molecule has 0 spiro atoms. The number of aromatic nitrogens is 1. The highest BCUT2D eigenvalue weighted by Gasteiger charge is 2.19. The minimum atomic E-state index is -0.306. The zero-order valence-corrected chi connectivity index (χ0v) is 23.9. The summed E-state index contributed by atoms with van der Waals surface area (Å²) < 4.78 is 19.0. The third-order valence-corrected chi connectivity index (χ3v) is 7.54. The molecule has 4 aromatic rings. The minimum absolute atomic E-state index is 0.161. The van der Waals surface area contributed by atoms with E-state index in [2.05, 4.69) is 22.4 Å². The van der Waals surface area contributed by atoms with Crippen LogP contribution < -0.4 is 10.1 Å². The predicted molar refractivity (Wildman–Crippen MR) is 160 cm³/mol. The molecule has 0 aliphatic rings. The number of urea groups is 1. The minimum Gasteiger partial charge on any atom is -0.457 e. The molecule has 0 saturated heterocycles. The topological polar surface area (TPSA) is 54.5 Å². The maximum atomic E-state index is 13.6. The number of halogens is 1. The van der Waals surface area contributed by atoms with Crippen LogP contribution in [0.15, 0.2) is 94.9 Å². The standard InChI is InChI=1S/C31H32FN3O2S2/c1-22-20-28(38-2)29(30(33-22)39-3)34-31(36)35(19-7-10-23-8-5-4-6-9-23)21-24-11-15-26(16-12-24)37-27-17-13-25(32)14-18-27/h4-6,8-9,11-18,20H,7,10,19,21H2,1-3H3,(H,34,36). The monoisotopic (exact) mass is 561 g/mol. The Hall–Kier alpha value is -3.49. The Balaban J connectivity index is 1.49. The average Bonchev–Trinajstić information content (AvgIpc) is 2.95. The maximum absolute atomic E-state index is 13.6. The summed E-state index contributed by atoms with van der Waals surface area (Å²) in [5.41, 5.74) is 3.90. The van der Waals surface area contributed by atoms with E-state index < -0.39 is 0 Å². The van der Waals surface area contributed by atoms with Crippen LogP contribution >= 0.6 is 23.5 Å². The van der Waals surface area contributed by atoms with E-state index in [4.69, 9.17) is 4.74 Å². The Morgan fingerprint density at radius 3 is 2.23 bits per heavy atom. The second kappa shape index (κ2) is 14.1. The summed E-state index contributed by atoms with van der Waals surface area (Å²) in [5.74, 6) is 0.899. The second-order valence-corrected chi connectivity index (χ2v) is 10.6. The Morgan fingerprint density at radius 2 is 1.59 bits per heavy atom. The van der Waals surface area contributed by atoms with Gasteiger partial charge in [0, 0.05) is 23.7 Å². The number of amides is 2. The molecule has 0 fully saturated rings. The normalized spacial score (nSPS) is 10.8. The highest BCUT2D eigenvalue weighted by Crippen LogP contribution is 2.34. The summed E-state index contributed by atoms with van der Waals surface area (Å²) in [7, 11) is 0. The van der Waals surface area contributed by atoms with Crippen LogP contribution in [0.2, 0.25) is 0 Å². The molecule has 1 heterocycles. The van der Waals surface area contributed by atoms with E-state index in [-0.39, 0.29) is 11.8 Å². The van der Waals surface area contributed by atoms with Crippen LogP contribution in [0.25, 0.3) is 0 Å². The number of hydrogen-bond acceptors (Lipinski definition) is 5. The number of benzene rings is 3. The molecule has 2 amide bonds. The molecular formula is C31H32FN3O2S2. The molecule has 0 bridgehead atoms. The van der Waals surface area contributed by atoms with E-state index >= 15 is 0 Å². The highest BCUT2D eigenvalue weighted by atomic mass is 32.2. The van der Waals surface area contributed by atoms with Crippen molar-refractivity contribution in [3.8, 4) is 11.5 Å². The lowest BCUT2D eigenvalue weighted by Crippen LogP contribution is -2.35. The van der Waals surface area contributed by atoms with Crippen molar-refractivity contribution in [2.75, 3.05) is 24.4 Å². The van der Waals surface area contributed by atoms with Crippen LogP contribution in [0.1, 0.15) is 23.2 Å². The third-order valence-electron chi connectivity index (χ3n) is 6.09. The maximum Gasteiger partial charge on any atom is 0.322 e. The summed E-state index contributed by atoms with van der Waals surface area (Å²) >= 11 is 3.12. The van der Waals surface area contributed by atoms with Crippen LogP contribution in [-0.4, -0.2) is 35.0 Å². The fourth-order valence-corrected chi connectivity index (χ4v) is 5.42. The van der Waals surface area contributed by atoms with Crippen molar-refractivity contribution in [3.05, 3.63) is 108 Å². The first-order chi connectivity index (χ1) is 18.9. The molecule has 4 rings (SSSR count). The van der Waals surface area contributed by atoms with Crippen molar-refractivity contribution in [2.45, 2.75) is 36.2 Å². The highest BCUT2D eigenvalue weighted by molar-refractivity contribution is 7.99. The molecule has 8 heteroatoms. The SMILES string of the molecule is CSc1cc(C)nc(SC)c1NC(=O)N(CCCc1ccccc1)Cc1ccc(Oc2ccc(F)cc2)cc1. The van der Waals surface area contributed by atoms with Gasteiger partial charge in [0.15, 0.2) is 0 Å².